The van der Waals surface area contributed by atoms with E-state index in [4.69, 9.17) is 9.47 Å². The Balaban J connectivity index is 1.37. The predicted octanol–water partition coefficient (Wildman–Crippen LogP) is 4.07. The van der Waals surface area contributed by atoms with Crippen molar-refractivity contribution < 1.29 is 9.47 Å². The number of nitrogens with one attached hydrogen (secondary N) is 2. The number of ether oxygens (including phenoxy) is 2. The topological polar surface area (TPSA) is 54.9 Å². The second kappa shape index (κ2) is 12.4. The Morgan fingerprint density at radius 2 is 1.73 bits per heavy atom. The van der Waals surface area contributed by atoms with Gasteiger partial charge in [-0.05, 0) is 49.3 Å². The van der Waals surface area contributed by atoms with Crippen LogP contribution in [0.3, 0.4) is 0 Å². The highest BCUT2D eigenvalue weighted by atomic mass is 16.5. The van der Waals surface area contributed by atoms with Crippen molar-refractivity contribution in [2.24, 2.45) is 4.99 Å². The smallest absolute Gasteiger partial charge is 0.191 e. The first-order valence-corrected chi connectivity index (χ1v) is 11.0. The van der Waals surface area contributed by atoms with Crippen LogP contribution in [0.1, 0.15) is 42.9 Å². The molecule has 162 valence electrons. The molecular weight excluding hydrogens is 374 g/mol. The van der Waals surface area contributed by atoms with Gasteiger partial charge in [0.15, 0.2) is 5.96 Å². The van der Waals surface area contributed by atoms with E-state index in [-0.39, 0.29) is 0 Å². The van der Waals surface area contributed by atoms with Crippen LogP contribution in [0.5, 0.6) is 0 Å². The normalized spacial score (nSPS) is 16.3. The molecule has 3 rings (SSSR count). The molecule has 5 heteroatoms. The second-order valence-electron chi connectivity index (χ2n) is 7.93. The predicted molar refractivity (Wildman–Crippen MR) is 123 cm³/mol. The highest BCUT2D eigenvalue weighted by molar-refractivity contribution is 5.79. The summed E-state index contributed by atoms with van der Waals surface area (Å²) < 4.78 is 11.4. The monoisotopic (exact) mass is 409 g/mol. The third-order valence-corrected chi connectivity index (χ3v) is 5.45. The third-order valence-electron chi connectivity index (χ3n) is 5.45. The highest BCUT2D eigenvalue weighted by Crippen LogP contribution is 2.14. The number of rotatable bonds is 9. The molecule has 30 heavy (non-hydrogen) atoms. The summed E-state index contributed by atoms with van der Waals surface area (Å²) in [4.78, 5) is 4.36. The summed E-state index contributed by atoms with van der Waals surface area (Å²) in [5, 5.41) is 6.90. The lowest BCUT2D eigenvalue weighted by Gasteiger charge is -2.22. The van der Waals surface area contributed by atoms with E-state index >= 15 is 0 Å². The molecule has 1 unspecified atom stereocenters. The summed E-state index contributed by atoms with van der Waals surface area (Å²) in [6.07, 6.45) is 4.45. The van der Waals surface area contributed by atoms with E-state index in [0.717, 1.165) is 51.4 Å². The number of hydrogen-bond acceptors (Lipinski definition) is 3. The molecule has 2 aromatic carbocycles. The van der Waals surface area contributed by atoms with E-state index < -0.39 is 0 Å². The fourth-order valence-corrected chi connectivity index (χ4v) is 3.52. The molecule has 0 bridgehead atoms. The van der Waals surface area contributed by atoms with Crippen molar-refractivity contribution in [1.82, 2.24) is 10.6 Å². The lowest BCUT2D eigenvalue weighted by atomic mass is 10.1. The maximum atomic E-state index is 6.00. The van der Waals surface area contributed by atoms with Crippen molar-refractivity contribution in [3.63, 3.8) is 0 Å². The first kappa shape index (κ1) is 22.3. The molecule has 1 aliphatic rings. The molecular formula is C25H35N3O2. The van der Waals surface area contributed by atoms with E-state index in [1.807, 2.05) is 7.05 Å². The lowest BCUT2D eigenvalue weighted by Crippen LogP contribution is -2.42. The van der Waals surface area contributed by atoms with Gasteiger partial charge >= 0.3 is 0 Å². The van der Waals surface area contributed by atoms with Crippen LogP contribution >= 0.6 is 0 Å². The van der Waals surface area contributed by atoms with Gasteiger partial charge in [0.1, 0.15) is 0 Å². The van der Waals surface area contributed by atoms with Gasteiger partial charge in [-0.3, -0.25) is 4.99 Å². The molecule has 2 aromatic rings. The Morgan fingerprint density at radius 3 is 2.43 bits per heavy atom. The van der Waals surface area contributed by atoms with Crippen molar-refractivity contribution in [2.75, 3.05) is 20.3 Å². The Hall–Kier alpha value is -2.37. The number of aliphatic imine (C=N–C) groups is 1. The summed E-state index contributed by atoms with van der Waals surface area (Å²) in [6.45, 7) is 5.24. The van der Waals surface area contributed by atoms with Gasteiger partial charge in [-0.25, -0.2) is 0 Å². The van der Waals surface area contributed by atoms with Crippen molar-refractivity contribution in [3.8, 4) is 0 Å². The minimum absolute atomic E-state index is 0.332. The molecule has 1 saturated heterocycles. The molecule has 1 aliphatic heterocycles. The van der Waals surface area contributed by atoms with Gasteiger partial charge in [0.25, 0.3) is 0 Å². The zero-order valence-electron chi connectivity index (χ0n) is 18.3. The van der Waals surface area contributed by atoms with Crippen LogP contribution in [0.2, 0.25) is 0 Å². The van der Waals surface area contributed by atoms with Crippen molar-refractivity contribution in [1.29, 1.82) is 0 Å². The Kier molecular flexibility index (Phi) is 9.19. The van der Waals surface area contributed by atoms with Crippen molar-refractivity contribution in [2.45, 2.75) is 57.9 Å². The van der Waals surface area contributed by atoms with E-state index in [2.05, 4.69) is 77.1 Å². The number of aryl methyl sites for hydroxylation is 1. The van der Waals surface area contributed by atoms with E-state index in [0.29, 0.717) is 18.8 Å². The average Bonchev–Trinajstić information content (AvgIpc) is 2.81. The molecule has 0 aliphatic carbocycles. The van der Waals surface area contributed by atoms with Gasteiger partial charge in [0.2, 0.25) is 0 Å². The van der Waals surface area contributed by atoms with Gasteiger partial charge in [-0.1, -0.05) is 54.6 Å². The van der Waals surface area contributed by atoms with Crippen LogP contribution in [0.4, 0.5) is 0 Å². The first-order valence-electron chi connectivity index (χ1n) is 11.0. The van der Waals surface area contributed by atoms with Crippen LogP contribution in [0, 0.1) is 0 Å². The molecule has 0 amide bonds. The maximum Gasteiger partial charge on any atom is 0.191 e. The quantitative estimate of drug-likeness (QED) is 0.484. The molecule has 1 fully saturated rings. The SMILES string of the molecule is CN=C(NCc1ccc(COC2CCOCC2)cc1)NC(C)CCc1ccccc1. The standard InChI is InChI=1S/C25H35N3O2/c1-20(8-9-21-6-4-3-5-7-21)28-25(26-2)27-18-22-10-12-23(13-11-22)19-30-24-14-16-29-17-15-24/h3-7,10-13,20,24H,8-9,14-19H2,1-2H3,(H2,26,27,28). The van der Waals surface area contributed by atoms with Crippen LogP contribution in [0.25, 0.3) is 0 Å². The molecule has 0 aromatic heterocycles. The van der Waals surface area contributed by atoms with E-state index in [1.165, 1.54) is 16.7 Å². The van der Waals surface area contributed by atoms with Gasteiger partial charge in [0, 0.05) is 32.8 Å². The zero-order chi connectivity index (χ0) is 21.0. The summed E-state index contributed by atoms with van der Waals surface area (Å²) in [7, 11) is 1.82. The van der Waals surface area contributed by atoms with Crippen LogP contribution < -0.4 is 10.6 Å². The second-order valence-corrected chi connectivity index (χ2v) is 7.93. The highest BCUT2D eigenvalue weighted by Gasteiger charge is 2.14. The van der Waals surface area contributed by atoms with Gasteiger partial charge < -0.3 is 20.1 Å². The summed E-state index contributed by atoms with van der Waals surface area (Å²) >= 11 is 0. The minimum atomic E-state index is 0.332. The average molecular weight is 410 g/mol. The first-order chi connectivity index (χ1) is 14.7. The molecule has 2 N–H and O–H groups in total. The van der Waals surface area contributed by atoms with Crippen LogP contribution in [0.15, 0.2) is 59.6 Å². The zero-order valence-corrected chi connectivity index (χ0v) is 18.3. The summed E-state index contributed by atoms with van der Waals surface area (Å²) in [6, 6.07) is 19.6. The Labute approximate surface area is 180 Å². The maximum absolute atomic E-state index is 6.00. The Morgan fingerprint density at radius 1 is 1.03 bits per heavy atom. The Bertz CT molecular complexity index is 756. The van der Waals surface area contributed by atoms with Gasteiger partial charge in [-0.15, -0.1) is 0 Å². The summed E-state index contributed by atoms with van der Waals surface area (Å²) in [5.74, 6) is 0.836. The largest absolute Gasteiger partial charge is 0.381 e. The molecule has 5 nitrogen and oxygen atoms in total. The molecule has 0 saturated carbocycles. The molecule has 1 atom stereocenters. The van der Waals surface area contributed by atoms with Gasteiger partial charge in [0.05, 0.1) is 12.7 Å². The van der Waals surface area contributed by atoms with E-state index in [9.17, 15) is 0 Å². The lowest BCUT2D eigenvalue weighted by molar-refractivity contribution is -0.0390. The fourth-order valence-electron chi connectivity index (χ4n) is 3.52. The van der Waals surface area contributed by atoms with Crippen molar-refractivity contribution >= 4 is 5.96 Å². The van der Waals surface area contributed by atoms with E-state index in [1.54, 1.807) is 0 Å². The number of guanidine groups is 1. The number of nitrogens with zero attached hydrogens (tertiary/aromatic N) is 1. The molecule has 0 spiro atoms. The van der Waals surface area contributed by atoms with Crippen LogP contribution in [-0.2, 0) is 29.0 Å². The summed E-state index contributed by atoms with van der Waals surface area (Å²) in [5.41, 5.74) is 3.81. The number of hydrogen-bond donors (Lipinski definition) is 2. The number of benzene rings is 2. The van der Waals surface area contributed by atoms with Crippen LogP contribution in [-0.4, -0.2) is 38.4 Å². The molecule has 1 heterocycles. The van der Waals surface area contributed by atoms with Gasteiger partial charge in [-0.2, -0.15) is 0 Å². The fraction of sp³-hybridized carbons (Fsp3) is 0.480. The third kappa shape index (κ3) is 7.81. The van der Waals surface area contributed by atoms with Crippen molar-refractivity contribution in [3.05, 3.63) is 71.3 Å². The molecule has 0 radical (unpaired) electrons. The minimum Gasteiger partial charge on any atom is -0.381 e.